The largest absolute Gasteiger partial charge is 0.379 e. The molecular formula is C25H33N7O4. The molecule has 0 bridgehead atoms. The van der Waals surface area contributed by atoms with Gasteiger partial charge in [0.05, 0.1) is 30.5 Å². The molecule has 0 aliphatic heterocycles. The molecule has 36 heavy (non-hydrogen) atoms. The second-order valence-corrected chi connectivity index (χ2v) is 9.39. The molecule has 1 amide bonds. The van der Waals surface area contributed by atoms with Crippen molar-refractivity contribution in [3.8, 4) is 0 Å². The van der Waals surface area contributed by atoms with Crippen LogP contribution >= 0.6 is 0 Å². The van der Waals surface area contributed by atoms with E-state index in [4.69, 9.17) is 9.47 Å². The molecule has 2 aliphatic rings. The molecule has 0 radical (unpaired) electrons. The zero-order chi connectivity index (χ0) is 25.2. The smallest absolute Gasteiger partial charge is 0.274 e. The molecular weight excluding hydrogens is 462 g/mol. The molecule has 3 aromatic rings. The molecule has 0 saturated heterocycles. The zero-order valence-electron chi connectivity index (χ0n) is 20.9. The Morgan fingerprint density at radius 1 is 1.11 bits per heavy atom. The third kappa shape index (κ3) is 4.44. The molecule has 5 rings (SSSR count). The lowest BCUT2D eigenvalue weighted by Crippen LogP contribution is -2.51. The summed E-state index contributed by atoms with van der Waals surface area (Å²) in [5.41, 5.74) is 1.01. The van der Waals surface area contributed by atoms with Crippen LogP contribution in [0.3, 0.4) is 0 Å². The van der Waals surface area contributed by atoms with Crippen LogP contribution in [0.25, 0.3) is 5.65 Å². The standard InChI is InChI=1S/C25H33N7O4/c1-26-22-13-21(28-17-7-6-12-31(25(17)34)18-8-4-5-9-20(18)36-3)30-23-15(14-27-32(22)23)24(33)29-16-10-11-19(16)35-2/h6-7,12-14,16,18-20,26H,4-5,8-11H2,1-3H3,(H,28,30)(H,29,33)/t16-,18+,19-,20-/m0/s1. The van der Waals surface area contributed by atoms with Crippen LogP contribution in [0.2, 0.25) is 0 Å². The molecule has 0 aromatic carbocycles. The van der Waals surface area contributed by atoms with E-state index in [1.165, 1.54) is 6.20 Å². The van der Waals surface area contributed by atoms with Crippen LogP contribution in [-0.2, 0) is 9.47 Å². The number of anilines is 3. The van der Waals surface area contributed by atoms with Crippen molar-refractivity contribution in [2.45, 2.75) is 62.8 Å². The fourth-order valence-corrected chi connectivity index (χ4v) is 5.20. The van der Waals surface area contributed by atoms with Crippen molar-refractivity contribution < 1.29 is 14.3 Å². The highest BCUT2D eigenvalue weighted by molar-refractivity contribution is 6.00. The van der Waals surface area contributed by atoms with Gasteiger partial charge in [0, 0.05) is 33.5 Å². The fraction of sp³-hybridized carbons (Fsp3) is 0.520. The summed E-state index contributed by atoms with van der Waals surface area (Å²) in [6.07, 6.45) is 9.16. The Labute approximate surface area is 209 Å². The van der Waals surface area contributed by atoms with Gasteiger partial charge in [0.1, 0.15) is 22.9 Å². The van der Waals surface area contributed by atoms with Crippen LogP contribution in [0.1, 0.15) is 54.9 Å². The molecule has 3 N–H and O–H groups in total. The summed E-state index contributed by atoms with van der Waals surface area (Å²) in [4.78, 5) is 31.1. The SMILES string of the molecule is CNc1cc(Nc2cccn([C@@H]3CCCC[C@@H]3OC)c2=O)nc2c(C(=O)N[C@H]3CC[C@@H]3OC)cnn12. The van der Waals surface area contributed by atoms with Gasteiger partial charge in [-0.25, -0.2) is 4.98 Å². The minimum Gasteiger partial charge on any atom is -0.379 e. The van der Waals surface area contributed by atoms with Crippen LogP contribution in [0.5, 0.6) is 0 Å². The van der Waals surface area contributed by atoms with Gasteiger partial charge in [-0.05, 0) is 37.8 Å². The maximum absolute atomic E-state index is 13.4. The lowest BCUT2D eigenvalue weighted by atomic mass is 9.89. The van der Waals surface area contributed by atoms with Gasteiger partial charge in [-0.2, -0.15) is 9.61 Å². The van der Waals surface area contributed by atoms with E-state index < -0.39 is 0 Å². The van der Waals surface area contributed by atoms with Crippen LogP contribution in [0.4, 0.5) is 17.3 Å². The molecule has 0 spiro atoms. The predicted molar refractivity (Wildman–Crippen MR) is 136 cm³/mol. The number of pyridine rings is 1. The van der Waals surface area contributed by atoms with E-state index in [0.29, 0.717) is 28.5 Å². The van der Waals surface area contributed by atoms with Crippen molar-refractivity contribution in [1.29, 1.82) is 0 Å². The Bertz CT molecular complexity index is 1300. The van der Waals surface area contributed by atoms with E-state index in [9.17, 15) is 9.59 Å². The van der Waals surface area contributed by atoms with Crippen LogP contribution in [-0.4, -0.2) is 64.6 Å². The fourth-order valence-electron chi connectivity index (χ4n) is 5.20. The number of amides is 1. The molecule has 2 aliphatic carbocycles. The number of nitrogens with one attached hydrogen (secondary N) is 3. The summed E-state index contributed by atoms with van der Waals surface area (Å²) >= 11 is 0. The normalized spacial score (nSPS) is 23.8. The number of ether oxygens (including phenoxy) is 2. The van der Waals surface area contributed by atoms with Gasteiger partial charge in [-0.15, -0.1) is 0 Å². The molecule has 3 heterocycles. The molecule has 192 valence electrons. The number of rotatable bonds is 8. The van der Waals surface area contributed by atoms with E-state index in [0.717, 1.165) is 38.5 Å². The Morgan fingerprint density at radius 2 is 1.92 bits per heavy atom. The first-order chi connectivity index (χ1) is 17.5. The Hall–Kier alpha value is -3.44. The van der Waals surface area contributed by atoms with Crippen LogP contribution < -0.4 is 21.5 Å². The molecule has 3 aromatic heterocycles. The zero-order valence-corrected chi connectivity index (χ0v) is 20.9. The second-order valence-electron chi connectivity index (χ2n) is 9.39. The third-order valence-electron chi connectivity index (χ3n) is 7.37. The topological polar surface area (TPSA) is 124 Å². The summed E-state index contributed by atoms with van der Waals surface area (Å²) in [6.45, 7) is 0. The first-order valence-electron chi connectivity index (χ1n) is 12.4. The number of aromatic nitrogens is 4. The van der Waals surface area contributed by atoms with Crippen LogP contribution in [0, 0.1) is 0 Å². The molecule has 2 saturated carbocycles. The molecule has 0 unspecified atom stereocenters. The lowest BCUT2D eigenvalue weighted by molar-refractivity contribution is 0.00732. The Morgan fingerprint density at radius 3 is 2.64 bits per heavy atom. The maximum atomic E-state index is 13.4. The summed E-state index contributed by atoms with van der Waals surface area (Å²) in [6, 6.07) is 5.31. The van der Waals surface area contributed by atoms with Crippen LogP contribution in [0.15, 0.2) is 35.4 Å². The van der Waals surface area contributed by atoms with E-state index >= 15 is 0 Å². The highest BCUT2D eigenvalue weighted by Gasteiger charge is 2.33. The lowest BCUT2D eigenvalue weighted by Gasteiger charge is -2.35. The van der Waals surface area contributed by atoms with E-state index in [1.54, 1.807) is 42.5 Å². The molecule has 2 fully saturated rings. The average molecular weight is 496 g/mol. The first kappa shape index (κ1) is 24.3. The highest BCUT2D eigenvalue weighted by Crippen LogP contribution is 2.30. The van der Waals surface area contributed by atoms with Gasteiger partial charge in [0.25, 0.3) is 11.5 Å². The van der Waals surface area contributed by atoms with Gasteiger partial charge >= 0.3 is 0 Å². The van der Waals surface area contributed by atoms with Crippen molar-refractivity contribution in [3.63, 3.8) is 0 Å². The van der Waals surface area contributed by atoms with Crippen molar-refractivity contribution in [2.75, 3.05) is 31.9 Å². The third-order valence-corrected chi connectivity index (χ3v) is 7.37. The van der Waals surface area contributed by atoms with Gasteiger partial charge in [-0.3, -0.25) is 9.59 Å². The Kier molecular flexibility index (Phi) is 6.92. The summed E-state index contributed by atoms with van der Waals surface area (Å²) in [5.74, 6) is 0.804. The quantitative estimate of drug-likeness (QED) is 0.436. The number of hydrogen-bond donors (Lipinski definition) is 3. The summed E-state index contributed by atoms with van der Waals surface area (Å²) < 4.78 is 14.4. The van der Waals surface area contributed by atoms with E-state index in [2.05, 4.69) is 26.0 Å². The molecule has 11 heteroatoms. The number of hydrogen-bond acceptors (Lipinski definition) is 8. The summed E-state index contributed by atoms with van der Waals surface area (Å²) in [7, 11) is 5.12. The van der Waals surface area contributed by atoms with Gasteiger partial charge in [0.15, 0.2) is 5.65 Å². The predicted octanol–water partition coefficient (Wildman–Crippen LogP) is 2.71. The van der Waals surface area contributed by atoms with Crippen molar-refractivity contribution >= 4 is 28.9 Å². The van der Waals surface area contributed by atoms with Gasteiger partial charge in [0.2, 0.25) is 0 Å². The van der Waals surface area contributed by atoms with E-state index in [1.807, 2.05) is 12.3 Å². The van der Waals surface area contributed by atoms with Gasteiger partial charge in [-0.1, -0.05) is 12.8 Å². The van der Waals surface area contributed by atoms with Crippen molar-refractivity contribution in [3.05, 3.63) is 46.5 Å². The minimum atomic E-state index is -0.256. The number of carbonyl (C=O) groups excluding carboxylic acids is 1. The highest BCUT2D eigenvalue weighted by atomic mass is 16.5. The number of methoxy groups -OCH3 is 2. The monoisotopic (exact) mass is 495 g/mol. The number of nitrogens with zero attached hydrogens (tertiary/aromatic N) is 4. The van der Waals surface area contributed by atoms with Crippen molar-refractivity contribution in [1.82, 2.24) is 24.5 Å². The molecule has 11 nitrogen and oxygen atoms in total. The van der Waals surface area contributed by atoms with Crippen molar-refractivity contribution in [2.24, 2.45) is 0 Å². The average Bonchev–Trinajstić information content (AvgIpc) is 3.31. The maximum Gasteiger partial charge on any atom is 0.274 e. The minimum absolute atomic E-state index is 0.00568. The molecule has 4 atom stereocenters. The second kappa shape index (κ2) is 10.3. The number of carbonyl (C=O) groups is 1. The number of fused-ring (bicyclic) bond motifs is 1. The first-order valence-corrected chi connectivity index (χ1v) is 12.4. The van der Waals surface area contributed by atoms with Gasteiger partial charge < -0.3 is 30.0 Å². The Balaban J connectivity index is 1.45. The summed E-state index contributed by atoms with van der Waals surface area (Å²) in [5, 5.41) is 13.6. The van der Waals surface area contributed by atoms with E-state index in [-0.39, 0.29) is 35.8 Å².